The summed E-state index contributed by atoms with van der Waals surface area (Å²) in [6.45, 7) is 0.356. The van der Waals surface area contributed by atoms with Crippen LogP contribution in [0.25, 0.3) is 27.6 Å². The Balaban J connectivity index is 1.32. The van der Waals surface area contributed by atoms with Gasteiger partial charge in [0.2, 0.25) is 5.91 Å². The van der Waals surface area contributed by atoms with Crippen LogP contribution in [0.3, 0.4) is 0 Å². The molecule has 0 saturated carbocycles. The Kier molecular flexibility index (Phi) is 6.61. The molecule has 0 aliphatic carbocycles. The van der Waals surface area contributed by atoms with E-state index < -0.39 is 0 Å². The molecule has 1 aliphatic rings. The van der Waals surface area contributed by atoms with Gasteiger partial charge in [-0.2, -0.15) is 0 Å². The number of rotatable bonds is 6. The third kappa shape index (κ3) is 4.97. The monoisotopic (exact) mass is 500 g/mol. The summed E-state index contributed by atoms with van der Waals surface area (Å²) >= 11 is 6.78. The highest BCUT2D eigenvalue weighted by molar-refractivity contribution is 8.26. The Morgan fingerprint density at radius 2 is 1.60 bits per heavy atom. The van der Waals surface area contributed by atoms with Crippen LogP contribution in [0.15, 0.2) is 83.8 Å². The number of anilines is 1. The summed E-state index contributed by atoms with van der Waals surface area (Å²) in [5, 5.41) is 7.11. The van der Waals surface area contributed by atoms with Crippen molar-refractivity contribution in [3.05, 3.63) is 95.1 Å². The van der Waals surface area contributed by atoms with Gasteiger partial charge in [-0.1, -0.05) is 72.5 Å². The fraction of sp³-hybridized carbons (Fsp3) is 0.107. The predicted molar refractivity (Wildman–Crippen MR) is 146 cm³/mol. The van der Waals surface area contributed by atoms with E-state index in [2.05, 4.69) is 35.6 Å². The lowest BCUT2D eigenvalue weighted by molar-refractivity contribution is -0.122. The van der Waals surface area contributed by atoms with Crippen LogP contribution < -0.4 is 5.32 Å². The predicted octanol–water partition coefficient (Wildman–Crippen LogP) is 6.75. The number of carbonyl (C=O) groups is 2. The van der Waals surface area contributed by atoms with Gasteiger partial charge < -0.3 is 5.32 Å². The number of fused-ring (bicyclic) bond motifs is 2. The molecule has 7 heteroatoms. The number of benzene rings is 4. The van der Waals surface area contributed by atoms with E-state index in [4.69, 9.17) is 12.2 Å². The smallest absolute Gasteiger partial charge is 0.266 e. The van der Waals surface area contributed by atoms with Gasteiger partial charge >= 0.3 is 0 Å². The highest BCUT2D eigenvalue weighted by Crippen LogP contribution is 2.36. The second-order valence-corrected chi connectivity index (χ2v) is 9.90. The third-order valence-corrected chi connectivity index (χ3v) is 7.25. The van der Waals surface area contributed by atoms with Crippen LogP contribution in [0.5, 0.6) is 0 Å². The molecule has 5 rings (SSSR count). The Morgan fingerprint density at radius 1 is 0.971 bits per heavy atom. The lowest BCUT2D eigenvalue weighted by Crippen LogP contribution is -2.29. The van der Waals surface area contributed by atoms with Gasteiger partial charge in [-0.25, -0.2) is 4.39 Å². The van der Waals surface area contributed by atoms with Crippen LogP contribution in [0.2, 0.25) is 0 Å². The summed E-state index contributed by atoms with van der Waals surface area (Å²) < 4.78 is 13.5. The van der Waals surface area contributed by atoms with E-state index in [9.17, 15) is 14.0 Å². The van der Waals surface area contributed by atoms with E-state index in [0.717, 1.165) is 27.1 Å². The second-order valence-electron chi connectivity index (χ2n) is 8.22. The average Bonchev–Trinajstić information content (AvgIpc) is 3.12. The number of nitrogens with zero attached hydrogens (tertiary/aromatic N) is 1. The first-order valence-electron chi connectivity index (χ1n) is 11.2. The van der Waals surface area contributed by atoms with Crippen molar-refractivity contribution in [2.24, 2.45) is 0 Å². The molecule has 0 spiro atoms. The van der Waals surface area contributed by atoms with Gasteiger partial charge in [0.15, 0.2) is 0 Å². The summed E-state index contributed by atoms with van der Waals surface area (Å²) in [5.41, 5.74) is 1.53. The molecule has 1 N–H and O–H groups in total. The van der Waals surface area contributed by atoms with Gasteiger partial charge in [0.05, 0.1) is 4.91 Å². The zero-order valence-corrected chi connectivity index (χ0v) is 20.3. The summed E-state index contributed by atoms with van der Waals surface area (Å²) in [6.07, 6.45) is 2.62. The molecule has 0 radical (unpaired) electrons. The van der Waals surface area contributed by atoms with Gasteiger partial charge in [0.25, 0.3) is 5.91 Å². The molecule has 1 aliphatic heterocycles. The number of hydrogen-bond acceptors (Lipinski definition) is 4. The number of thiocarbonyl (C=S) groups is 1. The van der Waals surface area contributed by atoms with Crippen molar-refractivity contribution in [1.29, 1.82) is 0 Å². The highest BCUT2D eigenvalue weighted by Gasteiger charge is 2.32. The Bertz CT molecular complexity index is 1440. The minimum Gasteiger partial charge on any atom is -0.326 e. The number of halogens is 1. The van der Waals surface area contributed by atoms with Crippen molar-refractivity contribution in [2.75, 3.05) is 11.9 Å². The third-order valence-electron chi connectivity index (χ3n) is 5.88. The standard InChI is InChI=1S/C28H21FN2O2S2/c29-20-11-13-21(14-12-20)30-26(32)10-5-15-31-27(33)25(35-28(31)34)17-24-22-8-3-1-6-18(22)16-19-7-2-4-9-23(19)24/h1-4,6-9,11-14,16-17H,5,10,15H2,(H,30,32)/b25-17-. The SMILES string of the molecule is O=C(CCCN1C(=O)/C(=C/c2c3ccccc3cc3ccccc23)SC1=S)Nc1ccc(F)cc1. The summed E-state index contributed by atoms with van der Waals surface area (Å²) in [7, 11) is 0. The maximum absolute atomic E-state index is 13.2. The molecule has 1 fully saturated rings. The first kappa shape index (κ1) is 23.2. The van der Waals surface area contributed by atoms with Gasteiger partial charge in [-0.15, -0.1) is 0 Å². The summed E-state index contributed by atoms with van der Waals surface area (Å²) in [4.78, 5) is 27.6. The Labute approximate surface area is 211 Å². The van der Waals surface area contributed by atoms with Crippen LogP contribution >= 0.6 is 24.0 Å². The molecule has 0 bridgehead atoms. The van der Waals surface area contributed by atoms with Crippen LogP contribution in [0, 0.1) is 5.82 Å². The van der Waals surface area contributed by atoms with Crippen molar-refractivity contribution in [2.45, 2.75) is 12.8 Å². The Morgan fingerprint density at radius 3 is 2.26 bits per heavy atom. The van der Waals surface area contributed by atoms with E-state index in [-0.39, 0.29) is 24.1 Å². The van der Waals surface area contributed by atoms with Crippen molar-refractivity contribution in [3.63, 3.8) is 0 Å². The molecule has 0 atom stereocenters. The van der Waals surface area contributed by atoms with Crippen LogP contribution in [0.1, 0.15) is 18.4 Å². The topological polar surface area (TPSA) is 49.4 Å². The largest absolute Gasteiger partial charge is 0.326 e. The molecular formula is C28H21FN2O2S2. The maximum atomic E-state index is 13.2. The van der Waals surface area contributed by atoms with Crippen molar-refractivity contribution >= 4 is 73.4 Å². The molecular weight excluding hydrogens is 479 g/mol. The molecule has 35 heavy (non-hydrogen) atoms. The van der Waals surface area contributed by atoms with Crippen molar-refractivity contribution in [1.82, 2.24) is 4.90 Å². The first-order chi connectivity index (χ1) is 17.0. The normalized spacial score (nSPS) is 14.9. The summed E-state index contributed by atoms with van der Waals surface area (Å²) in [5.74, 6) is -0.697. The lowest BCUT2D eigenvalue weighted by Gasteiger charge is -2.14. The molecule has 4 aromatic carbocycles. The molecule has 0 unspecified atom stereocenters. The average molecular weight is 501 g/mol. The molecule has 0 aromatic heterocycles. The number of thioether (sulfide) groups is 1. The van der Waals surface area contributed by atoms with Gasteiger partial charge in [0.1, 0.15) is 10.1 Å². The maximum Gasteiger partial charge on any atom is 0.266 e. The van der Waals surface area contributed by atoms with Gasteiger partial charge in [0, 0.05) is 18.7 Å². The molecule has 174 valence electrons. The Hall–Kier alpha value is -3.55. The van der Waals surface area contributed by atoms with Crippen molar-refractivity contribution < 1.29 is 14.0 Å². The lowest BCUT2D eigenvalue weighted by atomic mass is 9.96. The minimum absolute atomic E-state index is 0.143. The zero-order chi connectivity index (χ0) is 24.4. The minimum atomic E-state index is -0.359. The molecule has 4 aromatic rings. The summed E-state index contributed by atoms with van der Waals surface area (Å²) in [6, 6.07) is 24.0. The molecule has 1 heterocycles. The number of amides is 2. The highest BCUT2D eigenvalue weighted by atomic mass is 32.2. The van der Waals surface area contributed by atoms with E-state index >= 15 is 0 Å². The van der Waals surface area contributed by atoms with E-state index in [0.29, 0.717) is 27.9 Å². The second kappa shape index (κ2) is 9.98. The van der Waals surface area contributed by atoms with E-state index in [1.165, 1.54) is 36.0 Å². The quantitative estimate of drug-likeness (QED) is 0.181. The fourth-order valence-electron chi connectivity index (χ4n) is 4.18. The van der Waals surface area contributed by atoms with E-state index in [1.807, 2.05) is 30.3 Å². The molecule has 2 amide bonds. The van der Waals surface area contributed by atoms with Crippen molar-refractivity contribution in [3.8, 4) is 0 Å². The first-order valence-corrected chi connectivity index (χ1v) is 12.4. The number of nitrogens with one attached hydrogen (secondary N) is 1. The number of hydrogen-bond donors (Lipinski definition) is 1. The number of carbonyl (C=O) groups excluding carboxylic acids is 2. The van der Waals surface area contributed by atoms with Gasteiger partial charge in [-0.3, -0.25) is 14.5 Å². The van der Waals surface area contributed by atoms with E-state index in [1.54, 1.807) is 4.90 Å². The van der Waals surface area contributed by atoms with Crippen LogP contribution in [-0.4, -0.2) is 27.6 Å². The van der Waals surface area contributed by atoms with Gasteiger partial charge in [-0.05, 0) is 69.9 Å². The van der Waals surface area contributed by atoms with Crippen LogP contribution in [-0.2, 0) is 9.59 Å². The fourth-order valence-corrected chi connectivity index (χ4v) is 5.47. The molecule has 1 saturated heterocycles. The van der Waals surface area contributed by atoms with Crippen LogP contribution in [0.4, 0.5) is 10.1 Å². The molecule has 4 nitrogen and oxygen atoms in total. The zero-order valence-electron chi connectivity index (χ0n) is 18.7.